The van der Waals surface area contributed by atoms with E-state index in [1.54, 1.807) is 24.3 Å². The van der Waals surface area contributed by atoms with E-state index < -0.39 is 35.0 Å². The zero-order valence-corrected chi connectivity index (χ0v) is 23.1. The molecule has 2 N–H and O–H groups in total. The number of aliphatic carboxylic acids is 1. The standard InChI is InChI=1S/C35H36O6/c36-30(22-25-10-3-1-4-11-25)18-16-29-17-19-31(37)35(29,34(24-32(38)39)20-7-8-21-34)41-33(40)28-15-9-14-27(23-28)26-12-5-2-6-13-26/h1-6,9-16,18,23,29,31,37H,7-8,17,19-22,24H2,(H,38,39). The Morgan fingerprint density at radius 3 is 2.20 bits per heavy atom. The summed E-state index contributed by atoms with van der Waals surface area (Å²) >= 11 is 0. The molecule has 0 radical (unpaired) electrons. The van der Waals surface area contributed by atoms with E-state index in [2.05, 4.69) is 0 Å². The maximum atomic E-state index is 13.9. The van der Waals surface area contributed by atoms with Crippen molar-refractivity contribution >= 4 is 17.7 Å². The number of aliphatic hydroxyl groups is 1. The molecule has 3 aromatic rings. The van der Waals surface area contributed by atoms with Crippen LogP contribution in [0.2, 0.25) is 0 Å². The minimum atomic E-state index is -1.47. The maximum absolute atomic E-state index is 13.9. The summed E-state index contributed by atoms with van der Waals surface area (Å²) in [4.78, 5) is 39.0. The Labute approximate surface area is 240 Å². The molecule has 3 aromatic carbocycles. The molecule has 41 heavy (non-hydrogen) atoms. The number of aliphatic hydroxyl groups excluding tert-OH is 1. The lowest BCUT2D eigenvalue weighted by molar-refractivity contribution is -0.176. The lowest BCUT2D eigenvalue weighted by Gasteiger charge is -2.50. The second-order valence-electron chi connectivity index (χ2n) is 11.4. The Morgan fingerprint density at radius 1 is 0.854 bits per heavy atom. The predicted molar refractivity (Wildman–Crippen MR) is 156 cm³/mol. The van der Waals surface area contributed by atoms with Gasteiger partial charge in [-0.25, -0.2) is 4.79 Å². The Kier molecular flexibility index (Phi) is 8.50. The number of carboxylic acid groups (broad SMARTS) is 1. The molecule has 0 heterocycles. The number of ketones is 1. The second-order valence-corrected chi connectivity index (χ2v) is 11.4. The van der Waals surface area contributed by atoms with Gasteiger partial charge in [0.25, 0.3) is 0 Å². The van der Waals surface area contributed by atoms with Crippen molar-refractivity contribution in [1.82, 2.24) is 0 Å². The Hall–Kier alpha value is -4.03. The zero-order chi connectivity index (χ0) is 28.9. The van der Waals surface area contributed by atoms with Crippen LogP contribution in [-0.2, 0) is 20.7 Å². The summed E-state index contributed by atoms with van der Waals surface area (Å²) in [6.07, 6.45) is 5.66. The number of carbonyl (C=O) groups excluding carboxylic acids is 2. The third kappa shape index (κ3) is 5.89. The minimum Gasteiger partial charge on any atom is -0.481 e. The maximum Gasteiger partial charge on any atom is 0.338 e. The fourth-order valence-electron chi connectivity index (χ4n) is 7.05. The number of esters is 1. The third-order valence-corrected chi connectivity index (χ3v) is 8.88. The first-order valence-corrected chi connectivity index (χ1v) is 14.4. The van der Waals surface area contributed by atoms with Crippen LogP contribution in [0.25, 0.3) is 11.1 Å². The third-order valence-electron chi connectivity index (χ3n) is 8.88. The van der Waals surface area contributed by atoms with Crippen molar-refractivity contribution in [2.45, 2.75) is 63.1 Å². The van der Waals surface area contributed by atoms with Crippen LogP contribution in [0, 0.1) is 11.3 Å². The summed E-state index contributed by atoms with van der Waals surface area (Å²) in [6, 6.07) is 26.3. The highest BCUT2D eigenvalue weighted by Gasteiger charge is 2.65. The molecule has 212 valence electrons. The fourth-order valence-corrected chi connectivity index (χ4v) is 7.05. The number of carboxylic acids is 1. The van der Waals surface area contributed by atoms with Gasteiger partial charge in [0.2, 0.25) is 0 Å². The molecule has 3 atom stereocenters. The highest BCUT2D eigenvalue weighted by Crippen LogP contribution is 2.60. The minimum absolute atomic E-state index is 0.105. The monoisotopic (exact) mass is 552 g/mol. The lowest BCUT2D eigenvalue weighted by atomic mass is 9.62. The number of carbonyl (C=O) groups is 3. The summed E-state index contributed by atoms with van der Waals surface area (Å²) in [7, 11) is 0. The molecule has 5 rings (SSSR count). The Morgan fingerprint density at radius 2 is 1.51 bits per heavy atom. The van der Waals surface area contributed by atoms with Crippen molar-refractivity contribution < 1.29 is 29.3 Å². The van der Waals surface area contributed by atoms with Crippen LogP contribution in [0.1, 0.15) is 60.9 Å². The van der Waals surface area contributed by atoms with Crippen molar-refractivity contribution in [3.8, 4) is 11.1 Å². The van der Waals surface area contributed by atoms with E-state index in [0.717, 1.165) is 29.5 Å². The average molecular weight is 553 g/mol. The number of benzene rings is 3. The van der Waals surface area contributed by atoms with Crippen LogP contribution in [0.3, 0.4) is 0 Å². The van der Waals surface area contributed by atoms with E-state index >= 15 is 0 Å². The predicted octanol–water partition coefficient (Wildman–Crippen LogP) is 6.42. The van der Waals surface area contributed by atoms with Gasteiger partial charge in [-0.3, -0.25) is 9.59 Å². The van der Waals surface area contributed by atoms with Gasteiger partial charge in [0.05, 0.1) is 18.1 Å². The van der Waals surface area contributed by atoms with Gasteiger partial charge in [-0.15, -0.1) is 0 Å². The highest BCUT2D eigenvalue weighted by atomic mass is 16.6. The van der Waals surface area contributed by atoms with E-state index in [9.17, 15) is 24.6 Å². The molecule has 6 heteroatoms. The molecule has 2 fully saturated rings. The van der Waals surface area contributed by atoms with Gasteiger partial charge in [0.15, 0.2) is 11.4 Å². The molecule has 2 aliphatic carbocycles. The lowest BCUT2D eigenvalue weighted by Crippen LogP contribution is -2.59. The highest BCUT2D eigenvalue weighted by molar-refractivity contribution is 5.92. The van der Waals surface area contributed by atoms with E-state index in [-0.39, 0.29) is 18.6 Å². The normalized spacial score (nSPS) is 23.4. The van der Waals surface area contributed by atoms with Crippen LogP contribution in [0.4, 0.5) is 0 Å². The van der Waals surface area contributed by atoms with Crippen LogP contribution in [0.5, 0.6) is 0 Å². The van der Waals surface area contributed by atoms with Gasteiger partial charge in [-0.1, -0.05) is 91.7 Å². The van der Waals surface area contributed by atoms with Gasteiger partial charge in [-0.05, 0) is 60.6 Å². The van der Waals surface area contributed by atoms with Crippen molar-refractivity contribution in [2.24, 2.45) is 11.3 Å². The van der Waals surface area contributed by atoms with Crippen molar-refractivity contribution in [2.75, 3.05) is 0 Å². The molecule has 3 unspecified atom stereocenters. The first kappa shape index (κ1) is 28.5. The Balaban J connectivity index is 1.50. The van der Waals surface area contributed by atoms with Gasteiger partial charge in [0, 0.05) is 17.8 Å². The molecule has 0 amide bonds. The summed E-state index contributed by atoms with van der Waals surface area (Å²) in [5, 5.41) is 21.6. The second kappa shape index (κ2) is 12.2. The molecule has 0 aliphatic heterocycles. The van der Waals surface area contributed by atoms with Crippen molar-refractivity contribution in [1.29, 1.82) is 0 Å². The van der Waals surface area contributed by atoms with Crippen LogP contribution in [0.15, 0.2) is 97.1 Å². The van der Waals surface area contributed by atoms with Crippen LogP contribution >= 0.6 is 0 Å². The zero-order valence-electron chi connectivity index (χ0n) is 23.1. The number of hydrogen-bond donors (Lipinski definition) is 2. The molecule has 0 aromatic heterocycles. The molecule has 0 bridgehead atoms. The summed E-state index contributed by atoms with van der Waals surface area (Å²) in [5.41, 5.74) is 0.613. The quantitative estimate of drug-likeness (QED) is 0.222. The van der Waals surface area contributed by atoms with E-state index in [1.807, 2.05) is 66.7 Å². The summed E-state index contributed by atoms with van der Waals surface area (Å²) < 4.78 is 6.42. The van der Waals surface area contributed by atoms with Crippen molar-refractivity contribution in [3.63, 3.8) is 0 Å². The number of ether oxygens (including phenoxy) is 1. The van der Waals surface area contributed by atoms with Crippen molar-refractivity contribution in [3.05, 3.63) is 108 Å². The van der Waals surface area contributed by atoms with Gasteiger partial charge < -0.3 is 14.9 Å². The molecular weight excluding hydrogens is 516 g/mol. The van der Waals surface area contributed by atoms with E-state index in [4.69, 9.17) is 4.74 Å². The molecular formula is C35H36O6. The molecule has 0 spiro atoms. The molecule has 0 saturated heterocycles. The Bertz CT molecular complexity index is 1410. The summed E-state index contributed by atoms with van der Waals surface area (Å²) in [6.45, 7) is 0. The number of rotatable bonds is 10. The molecule has 6 nitrogen and oxygen atoms in total. The largest absolute Gasteiger partial charge is 0.481 e. The fraction of sp³-hybridized carbons (Fsp3) is 0.343. The van der Waals surface area contributed by atoms with Gasteiger partial charge in [0.1, 0.15) is 0 Å². The van der Waals surface area contributed by atoms with E-state index in [0.29, 0.717) is 31.2 Å². The van der Waals surface area contributed by atoms with Gasteiger partial charge >= 0.3 is 11.9 Å². The SMILES string of the molecule is O=C(O)CC1(C2(OC(=O)c3cccc(-c4ccccc4)c3)C(O)CCC2C=CC(=O)Cc2ccccc2)CCCC1. The first-order chi connectivity index (χ1) is 19.8. The van der Waals surface area contributed by atoms with Crippen LogP contribution < -0.4 is 0 Å². The first-order valence-electron chi connectivity index (χ1n) is 14.4. The smallest absolute Gasteiger partial charge is 0.338 e. The summed E-state index contributed by atoms with van der Waals surface area (Å²) in [5.74, 6) is -2.20. The molecule has 2 saturated carbocycles. The topological polar surface area (TPSA) is 101 Å². The van der Waals surface area contributed by atoms with Gasteiger partial charge in [-0.2, -0.15) is 0 Å². The number of allylic oxidation sites excluding steroid dienone is 1. The molecule has 2 aliphatic rings. The number of hydrogen-bond acceptors (Lipinski definition) is 5. The average Bonchev–Trinajstić information content (AvgIpc) is 3.58. The van der Waals surface area contributed by atoms with E-state index in [1.165, 1.54) is 6.08 Å². The van der Waals surface area contributed by atoms with Crippen LogP contribution in [-0.4, -0.2) is 39.6 Å².